The maximum absolute atomic E-state index is 12.1. The van der Waals surface area contributed by atoms with Gasteiger partial charge in [0.1, 0.15) is 23.2 Å². The predicted molar refractivity (Wildman–Crippen MR) is 99.0 cm³/mol. The summed E-state index contributed by atoms with van der Waals surface area (Å²) in [5, 5.41) is 14.7. The molecule has 0 saturated carbocycles. The number of carbonyl (C=O) groups is 1. The van der Waals surface area contributed by atoms with Crippen LogP contribution >= 0.6 is 15.9 Å². The number of amides is 1. The van der Waals surface area contributed by atoms with Crippen LogP contribution in [0.2, 0.25) is 0 Å². The first-order chi connectivity index (χ1) is 12.1. The molecular formula is C18H17BrN4O2. The molecule has 7 heteroatoms. The van der Waals surface area contributed by atoms with E-state index >= 15 is 0 Å². The molecular weight excluding hydrogens is 384 g/mol. The van der Waals surface area contributed by atoms with Gasteiger partial charge in [0.25, 0.3) is 5.91 Å². The normalized spacial score (nSPS) is 10.7. The molecule has 2 rings (SSSR count). The Hall–Kier alpha value is -2.85. The van der Waals surface area contributed by atoms with Crippen molar-refractivity contribution in [2.45, 2.75) is 6.42 Å². The van der Waals surface area contributed by atoms with Crippen molar-refractivity contribution >= 4 is 27.7 Å². The van der Waals surface area contributed by atoms with E-state index in [2.05, 4.69) is 31.5 Å². The van der Waals surface area contributed by atoms with Crippen LogP contribution in [-0.2, 0) is 11.2 Å². The summed E-state index contributed by atoms with van der Waals surface area (Å²) in [6, 6.07) is 13.0. The number of methoxy groups -OCH3 is 1. The molecule has 0 atom stereocenters. The standard InChI is InChI=1S/C18H17BrN4O2/c1-25-16-4-2-13(3-5-16)6-8-22-18(24)14(11-20)12-23-17-10-15(19)7-9-21-17/h2-5,7,9-10,12H,6,8H2,1H3,(H,21,23)(H,22,24)/b14-12-. The van der Waals surface area contributed by atoms with Crippen LogP contribution in [0, 0.1) is 11.3 Å². The van der Waals surface area contributed by atoms with Crippen LogP contribution in [0.3, 0.4) is 0 Å². The van der Waals surface area contributed by atoms with E-state index < -0.39 is 5.91 Å². The number of nitriles is 1. The molecule has 0 aliphatic rings. The highest BCUT2D eigenvalue weighted by Gasteiger charge is 2.08. The fraction of sp³-hybridized carbons (Fsp3) is 0.167. The Morgan fingerprint density at radius 3 is 2.76 bits per heavy atom. The minimum absolute atomic E-state index is 0.0171. The molecule has 2 aromatic rings. The SMILES string of the molecule is COc1ccc(CCNC(=O)/C(C#N)=C\Nc2cc(Br)ccn2)cc1. The molecule has 6 nitrogen and oxygen atoms in total. The highest BCUT2D eigenvalue weighted by molar-refractivity contribution is 9.10. The number of halogens is 1. The maximum Gasteiger partial charge on any atom is 0.263 e. The second kappa shape index (κ2) is 9.45. The number of rotatable bonds is 7. The number of pyridine rings is 1. The Balaban J connectivity index is 1.86. The second-order valence-electron chi connectivity index (χ2n) is 5.03. The van der Waals surface area contributed by atoms with E-state index in [1.807, 2.05) is 30.3 Å². The largest absolute Gasteiger partial charge is 0.497 e. The van der Waals surface area contributed by atoms with Gasteiger partial charge >= 0.3 is 0 Å². The first kappa shape index (κ1) is 18.5. The van der Waals surface area contributed by atoms with Gasteiger partial charge in [-0.2, -0.15) is 5.26 Å². The molecule has 1 amide bonds. The van der Waals surface area contributed by atoms with E-state index in [1.165, 1.54) is 6.20 Å². The Labute approximate surface area is 154 Å². The lowest BCUT2D eigenvalue weighted by molar-refractivity contribution is -0.117. The molecule has 0 fully saturated rings. The monoisotopic (exact) mass is 400 g/mol. The van der Waals surface area contributed by atoms with Crippen molar-refractivity contribution in [2.24, 2.45) is 0 Å². The molecule has 0 aliphatic heterocycles. The van der Waals surface area contributed by atoms with E-state index in [0.29, 0.717) is 18.8 Å². The quantitative estimate of drug-likeness (QED) is 0.550. The zero-order valence-electron chi connectivity index (χ0n) is 13.6. The molecule has 0 bridgehead atoms. The van der Waals surface area contributed by atoms with E-state index in [1.54, 1.807) is 25.4 Å². The van der Waals surface area contributed by atoms with Gasteiger partial charge < -0.3 is 15.4 Å². The van der Waals surface area contributed by atoms with E-state index in [0.717, 1.165) is 15.8 Å². The fourth-order valence-corrected chi connectivity index (χ4v) is 2.32. The summed E-state index contributed by atoms with van der Waals surface area (Å²) in [5.41, 5.74) is 1.05. The van der Waals surface area contributed by atoms with E-state index in [9.17, 15) is 4.79 Å². The van der Waals surface area contributed by atoms with Crippen LogP contribution in [0.4, 0.5) is 5.82 Å². The third kappa shape index (κ3) is 5.94. The highest BCUT2D eigenvalue weighted by Crippen LogP contribution is 2.13. The van der Waals surface area contributed by atoms with Gasteiger partial charge in [-0.3, -0.25) is 4.79 Å². The van der Waals surface area contributed by atoms with Crippen LogP contribution in [0.1, 0.15) is 5.56 Å². The average Bonchev–Trinajstić information content (AvgIpc) is 2.63. The van der Waals surface area contributed by atoms with Crippen molar-refractivity contribution in [3.63, 3.8) is 0 Å². The summed E-state index contributed by atoms with van der Waals surface area (Å²) < 4.78 is 5.95. The lowest BCUT2D eigenvalue weighted by Crippen LogP contribution is -2.27. The summed E-state index contributed by atoms with van der Waals surface area (Å²) >= 11 is 3.33. The van der Waals surface area contributed by atoms with E-state index in [4.69, 9.17) is 10.00 Å². The number of hydrogen-bond donors (Lipinski definition) is 2. The molecule has 0 radical (unpaired) electrons. The van der Waals surface area contributed by atoms with Crippen molar-refractivity contribution in [3.8, 4) is 11.8 Å². The fourth-order valence-electron chi connectivity index (χ4n) is 1.99. The molecule has 0 unspecified atom stereocenters. The number of nitrogens with zero attached hydrogens (tertiary/aromatic N) is 2. The van der Waals surface area contributed by atoms with E-state index in [-0.39, 0.29) is 5.57 Å². The molecule has 128 valence electrons. The molecule has 0 aliphatic carbocycles. The van der Waals surface area contributed by atoms with Gasteiger partial charge in [0, 0.05) is 23.4 Å². The third-order valence-corrected chi connectivity index (χ3v) is 3.80. The van der Waals surface area contributed by atoms with Crippen LogP contribution in [-0.4, -0.2) is 24.5 Å². The summed E-state index contributed by atoms with van der Waals surface area (Å²) in [6.45, 7) is 0.430. The summed E-state index contributed by atoms with van der Waals surface area (Å²) in [7, 11) is 1.61. The van der Waals surface area contributed by atoms with Gasteiger partial charge in [0.05, 0.1) is 7.11 Å². The number of nitrogens with one attached hydrogen (secondary N) is 2. The van der Waals surface area contributed by atoms with Gasteiger partial charge in [0.15, 0.2) is 0 Å². The van der Waals surface area contributed by atoms with Crippen LogP contribution in [0.5, 0.6) is 5.75 Å². The van der Waals surface area contributed by atoms with Gasteiger partial charge in [-0.25, -0.2) is 4.98 Å². The molecule has 1 aromatic heterocycles. The Bertz CT molecular complexity index is 797. The number of ether oxygens (including phenoxy) is 1. The smallest absolute Gasteiger partial charge is 0.263 e. The van der Waals surface area contributed by atoms with Crippen molar-refractivity contribution < 1.29 is 9.53 Å². The molecule has 1 heterocycles. The zero-order valence-corrected chi connectivity index (χ0v) is 15.2. The first-order valence-corrected chi connectivity index (χ1v) is 8.31. The van der Waals surface area contributed by atoms with Gasteiger partial charge in [-0.05, 0) is 36.2 Å². The number of benzene rings is 1. The van der Waals surface area contributed by atoms with Crippen molar-refractivity contribution in [3.05, 3.63) is 64.4 Å². The Morgan fingerprint density at radius 1 is 1.36 bits per heavy atom. The third-order valence-electron chi connectivity index (χ3n) is 3.31. The second-order valence-corrected chi connectivity index (χ2v) is 5.94. The first-order valence-electron chi connectivity index (χ1n) is 7.52. The topological polar surface area (TPSA) is 87.0 Å². The van der Waals surface area contributed by atoms with Gasteiger partial charge in [0.2, 0.25) is 0 Å². The number of anilines is 1. The predicted octanol–water partition coefficient (Wildman–Crippen LogP) is 3.03. The number of aromatic nitrogens is 1. The molecule has 25 heavy (non-hydrogen) atoms. The minimum atomic E-state index is -0.432. The van der Waals surface area contributed by atoms with Gasteiger partial charge in [-0.15, -0.1) is 0 Å². The lowest BCUT2D eigenvalue weighted by atomic mass is 10.1. The summed E-state index contributed by atoms with van der Waals surface area (Å²) in [5.74, 6) is 0.890. The minimum Gasteiger partial charge on any atom is -0.497 e. The molecule has 2 N–H and O–H groups in total. The summed E-state index contributed by atoms with van der Waals surface area (Å²) in [6.07, 6.45) is 3.62. The van der Waals surface area contributed by atoms with Crippen molar-refractivity contribution in [1.29, 1.82) is 5.26 Å². The molecule has 0 saturated heterocycles. The number of carbonyl (C=O) groups excluding carboxylic acids is 1. The Morgan fingerprint density at radius 2 is 2.12 bits per heavy atom. The van der Waals surface area contributed by atoms with Crippen LogP contribution < -0.4 is 15.4 Å². The summed E-state index contributed by atoms with van der Waals surface area (Å²) in [4.78, 5) is 16.1. The molecule has 1 aromatic carbocycles. The maximum atomic E-state index is 12.1. The Kier molecular flexibility index (Phi) is 6.99. The van der Waals surface area contributed by atoms with Crippen LogP contribution in [0.25, 0.3) is 0 Å². The van der Waals surface area contributed by atoms with Crippen molar-refractivity contribution in [1.82, 2.24) is 10.3 Å². The van der Waals surface area contributed by atoms with Crippen LogP contribution in [0.15, 0.2) is 58.8 Å². The van der Waals surface area contributed by atoms with Gasteiger partial charge in [-0.1, -0.05) is 28.1 Å². The number of hydrogen-bond acceptors (Lipinski definition) is 5. The molecule has 0 spiro atoms. The lowest BCUT2D eigenvalue weighted by Gasteiger charge is -2.06. The average molecular weight is 401 g/mol. The zero-order chi connectivity index (χ0) is 18.1. The highest BCUT2D eigenvalue weighted by atomic mass is 79.9. The van der Waals surface area contributed by atoms with Crippen molar-refractivity contribution in [2.75, 3.05) is 19.0 Å².